The molecule has 1 aliphatic rings. The van der Waals surface area contributed by atoms with Crippen molar-refractivity contribution in [3.05, 3.63) is 23.9 Å². The lowest BCUT2D eigenvalue weighted by Crippen LogP contribution is -2.41. The van der Waals surface area contributed by atoms with Gasteiger partial charge in [-0.2, -0.15) is 4.37 Å². The minimum Gasteiger partial charge on any atom is -0.399 e. The first-order valence-corrected chi connectivity index (χ1v) is 7.29. The molecule has 5 heteroatoms. The Kier molecular flexibility index (Phi) is 2.79. The van der Waals surface area contributed by atoms with Crippen LogP contribution in [0.3, 0.4) is 0 Å². The Balaban J connectivity index is 2.12. The number of aromatic nitrogens is 1. The molecule has 100 valence electrons. The maximum Gasteiger partial charge on any atom is 0.495 e. The van der Waals surface area contributed by atoms with Crippen LogP contribution in [0.4, 0.5) is 0 Å². The van der Waals surface area contributed by atoms with Crippen LogP contribution in [-0.2, 0) is 9.31 Å². The highest BCUT2D eigenvalue weighted by Gasteiger charge is 2.52. The standard InChI is InChI=1S/C14H18BNO2S/c1-9-6-7-11-10(8-16-19-11)12(9)15-17-13(2,3)14(4,5)18-15/h6-8H,1-5H3. The molecule has 1 saturated heterocycles. The van der Waals surface area contributed by atoms with Gasteiger partial charge in [0, 0.05) is 11.6 Å². The van der Waals surface area contributed by atoms with Crippen molar-refractivity contribution in [3.8, 4) is 0 Å². The van der Waals surface area contributed by atoms with Crippen molar-refractivity contribution in [2.45, 2.75) is 45.8 Å². The number of hydrogen-bond donors (Lipinski definition) is 0. The summed E-state index contributed by atoms with van der Waals surface area (Å²) in [6, 6.07) is 4.22. The normalized spacial score (nSPS) is 21.2. The van der Waals surface area contributed by atoms with Gasteiger partial charge in [0.25, 0.3) is 0 Å². The van der Waals surface area contributed by atoms with Gasteiger partial charge in [0.15, 0.2) is 0 Å². The van der Waals surface area contributed by atoms with Crippen LogP contribution in [-0.4, -0.2) is 22.7 Å². The van der Waals surface area contributed by atoms with Gasteiger partial charge in [-0.1, -0.05) is 11.6 Å². The van der Waals surface area contributed by atoms with E-state index in [0.29, 0.717) is 0 Å². The van der Waals surface area contributed by atoms with Gasteiger partial charge in [-0.25, -0.2) is 0 Å². The first-order chi connectivity index (χ1) is 8.82. The molecule has 0 radical (unpaired) electrons. The van der Waals surface area contributed by atoms with Crippen molar-refractivity contribution in [2.24, 2.45) is 0 Å². The molecular weight excluding hydrogens is 257 g/mol. The molecule has 0 spiro atoms. The largest absolute Gasteiger partial charge is 0.495 e. The summed E-state index contributed by atoms with van der Waals surface area (Å²) in [7, 11) is -0.315. The van der Waals surface area contributed by atoms with Crippen molar-refractivity contribution in [2.75, 3.05) is 0 Å². The van der Waals surface area contributed by atoms with Crippen LogP contribution in [0.25, 0.3) is 10.1 Å². The Bertz CT molecular complexity index is 619. The zero-order valence-corrected chi connectivity index (χ0v) is 12.8. The lowest BCUT2D eigenvalue weighted by Gasteiger charge is -2.32. The topological polar surface area (TPSA) is 31.4 Å². The summed E-state index contributed by atoms with van der Waals surface area (Å²) in [5.41, 5.74) is 1.68. The van der Waals surface area contributed by atoms with E-state index in [2.05, 4.69) is 51.1 Å². The third-order valence-electron chi connectivity index (χ3n) is 4.29. The average Bonchev–Trinajstić information content (AvgIpc) is 2.81. The minimum absolute atomic E-state index is 0.310. The van der Waals surface area contributed by atoms with Crippen molar-refractivity contribution in [3.63, 3.8) is 0 Å². The second-order valence-electron chi connectivity index (χ2n) is 6.12. The van der Waals surface area contributed by atoms with Gasteiger partial charge in [-0.05, 0) is 57.7 Å². The molecule has 1 aliphatic heterocycles. The van der Waals surface area contributed by atoms with Gasteiger partial charge in [-0.3, -0.25) is 0 Å². The predicted molar refractivity (Wildman–Crippen MR) is 80.1 cm³/mol. The van der Waals surface area contributed by atoms with Crippen LogP contribution in [0.2, 0.25) is 0 Å². The summed E-state index contributed by atoms with van der Waals surface area (Å²) in [4.78, 5) is 0. The molecule has 3 rings (SSSR count). The Labute approximate surface area is 118 Å². The maximum absolute atomic E-state index is 6.16. The van der Waals surface area contributed by atoms with Crippen LogP contribution in [0.5, 0.6) is 0 Å². The van der Waals surface area contributed by atoms with Gasteiger partial charge < -0.3 is 9.31 Å². The fraction of sp³-hybridized carbons (Fsp3) is 0.500. The fourth-order valence-corrected chi connectivity index (χ4v) is 3.01. The highest BCUT2D eigenvalue weighted by Crippen LogP contribution is 2.37. The second-order valence-corrected chi connectivity index (χ2v) is 6.96. The number of aryl methyl sites for hydroxylation is 1. The zero-order chi connectivity index (χ0) is 13.8. The van der Waals surface area contributed by atoms with Crippen molar-refractivity contribution in [1.29, 1.82) is 0 Å². The van der Waals surface area contributed by atoms with Crippen LogP contribution in [0.1, 0.15) is 33.3 Å². The molecule has 0 saturated carbocycles. The lowest BCUT2D eigenvalue weighted by molar-refractivity contribution is 0.00578. The van der Waals surface area contributed by atoms with Gasteiger partial charge in [0.2, 0.25) is 0 Å². The van der Waals surface area contributed by atoms with E-state index in [-0.39, 0.29) is 18.3 Å². The van der Waals surface area contributed by atoms with Crippen molar-refractivity contribution < 1.29 is 9.31 Å². The molecule has 0 aliphatic carbocycles. The third-order valence-corrected chi connectivity index (χ3v) is 5.05. The number of nitrogens with zero attached hydrogens (tertiary/aromatic N) is 1. The van der Waals surface area contributed by atoms with Crippen molar-refractivity contribution in [1.82, 2.24) is 4.37 Å². The van der Waals surface area contributed by atoms with Gasteiger partial charge in [-0.15, -0.1) is 0 Å². The van der Waals surface area contributed by atoms with Gasteiger partial charge in [0.1, 0.15) is 0 Å². The quantitative estimate of drug-likeness (QED) is 0.750. The SMILES string of the molecule is Cc1ccc2sncc2c1B1OC(C)(C)C(C)(C)O1. The van der Waals surface area contributed by atoms with E-state index in [1.54, 1.807) is 0 Å². The third kappa shape index (κ3) is 1.92. The average molecular weight is 275 g/mol. The highest BCUT2D eigenvalue weighted by molar-refractivity contribution is 7.13. The predicted octanol–water partition coefficient (Wildman–Crippen LogP) is 2.90. The summed E-state index contributed by atoms with van der Waals surface area (Å²) in [5.74, 6) is 0. The number of rotatable bonds is 1. The first-order valence-electron chi connectivity index (χ1n) is 6.51. The van der Waals surface area contributed by atoms with Gasteiger partial charge >= 0.3 is 7.12 Å². The monoisotopic (exact) mass is 275 g/mol. The first kappa shape index (κ1) is 13.1. The van der Waals surface area contributed by atoms with E-state index < -0.39 is 0 Å². The molecule has 2 aromatic rings. The summed E-state index contributed by atoms with van der Waals surface area (Å²) < 4.78 is 17.8. The van der Waals surface area contributed by atoms with E-state index in [1.165, 1.54) is 21.8 Å². The molecule has 0 atom stereocenters. The molecule has 0 bridgehead atoms. The summed E-state index contributed by atoms with van der Waals surface area (Å²) in [5, 5.41) is 1.14. The van der Waals surface area contributed by atoms with Crippen LogP contribution in [0, 0.1) is 6.92 Å². The number of benzene rings is 1. The molecule has 1 aromatic carbocycles. The van der Waals surface area contributed by atoms with E-state index in [9.17, 15) is 0 Å². The molecule has 19 heavy (non-hydrogen) atoms. The summed E-state index contributed by atoms with van der Waals surface area (Å²) in [6.07, 6.45) is 1.91. The van der Waals surface area contributed by atoms with Crippen LogP contribution in [0.15, 0.2) is 18.3 Å². The minimum atomic E-state index is -0.315. The molecule has 0 unspecified atom stereocenters. The van der Waals surface area contributed by atoms with E-state index >= 15 is 0 Å². The molecule has 0 N–H and O–H groups in total. The smallest absolute Gasteiger partial charge is 0.399 e. The molecule has 1 fully saturated rings. The molecule has 2 heterocycles. The highest BCUT2D eigenvalue weighted by atomic mass is 32.1. The summed E-state index contributed by atoms with van der Waals surface area (Å²) in [6.45, 7) is 10.4. The Morgan fingerprint density at radius 2 is 1.74 bits per heavy atom. The van der Waals surface area contributed by atoms with Gasteiger partial charge in [0.05, 0.1) is 15.9 Å². The second kappa shape index (κ2) is 4.04. The number of hydrogen-bond acceptors (Lipinski definition) is 4. The van der Waals surface area contributed by atoms with Crippen LogP contribution >= 0.6 is 11.5 Å². The Morgan fingerprint density at radius 3 is 2.37 bits per heavy atom. The number of fused-ring (bicyclic) bond motifs is 1. The molecule has 1 aromatic heterocycles. The van der Waals surface area contributed by atoms with Crippen molar-refractivity contribution >= 4 is 34.2 Å². The Hall–Kier alpha value is -0.905. The molecular formula is C14H18BNO2S. The Morgan fingerprint density at radius 1 is 1.11 bits per heavy atom. The zero-order valence-electron chi connectivity index (χ0n) is 12.0. The lowest BCUT2D eigenvalue weighted by atomic mass is 9.74. The fourth-order valence-electron chi connectivity index (χ4n) is 2.35. The molecule has 0 amide bonds. The van der Waals surface area contributed by atoms with E-state index in [4.69, 9.17) is 9.31 Å². The molecule has 3 nitrogen and oxygen atoms in total. The summed E-state index contributed by atoms with van der Waals surface area (Å²) >= 11 is 1.51. The van der Waals surface area contributed by atoms with E-state index in [1.807, 2.05) is 6.20 Å². The maximum atomic E-state index is 6.16. The van der Waals surface area contributed by atoms with Crippen LogP contribution < -0.4 is 5.46 Å². The van der Waals surface area contributed by atoms with E-state index in [0.717, 1.165) is 10.8 Å².